The van der Waals surface area contributed by atoms with Gasteiger partial charge in [-0.3, -0.25) is 14.9 Å². The summed E-state index contributed by atoms with van der Waals surface area (Å²) in [5, 5.41) is 16.2. The summed E-state index contributed by atoms with van der Waals surface area (Å²) in [6.45, 7) is 0.335. The van der Waals surface area contributed by atoms with Crippen LogP contribution in [0.15, 0.2) is 41.2 Å². The first-order chi connectivity index (χ1) is 9.61. The Hall–Kier alpha value is -2.83. The van der Waals surface area contributed by atoms with E-state index in [1.54, 1.807) is 13.1 Å². The van der Waals surface area contributed by atoms with Gasteiger partial charge in [0.25, 0.3) is 11.6 Å². The lowest BCUT2D eigenvalue weighted by Crippen LogP contribution is -2.22. The number of hydrogen-bond acceptors (Lipinski definition) is 5. The van der Waals surface area contributed by atoms with Gasteiger partial charge in [-0.2, -0.15) is 0 Å². The first kappa shape index (κ1) is 13.6. The van der Waals surface area contributed by atoms with Crippen molar-refractivity contribution in [1.29, 1.82) is 0 Å². The molecule has 1 heterocycles. The summed E-state index contributed by atoms with van der Waals surface area (Å²) in [4.78, 5) is 22.2. The summed E-state index contributed by atoms with van der Waals surface area (Å²) in [5.41, 5.74) is 1.42. The van der Waals surface area contributed by atoms with Crippen molar-refractivity contribution in [3.63, 3.8) is 0 Å². The van der Waals surface area contributed by atoms with Crippen molar-refractivity contribution >= 4 is 17.3 Å². The number of rotatable bonds is 5. The van der Waals surface area contributed by atoms with Gasteiger partial charge in [0.2, 0.25) is 0 Å². The molecule has 104 valence electrons. The van der Waals surface area contributed by atoms with E-state index in [2.05, 4.69) is 10.6 Å². The van der Waals surface area contributed by atoms with E-state index in [4.69, 9.17) is 4.42 Å². The molecule has 2 aromatic rings. The van der Waals surface area contributed by atoms with Crippen molar-refractivity contribution < 1.29 is 14.1 Å². The van der Waals surface area contributed by atoms with Crippen LogP contribution in [0.3, 0.4) is 0 Å². The second-order valence-electron chi connectivity index (χ2n) is 4.05. The second kappa shape index (κ2) is 5.87. The molecule has 7 nitrogen and oxygen atoms in total. The minimum atomic E-state index is -0.501. The van der Waals surface area contributed by atoms with Crippen molar-refractivity contribution in [3.05, 3.63) is 58.0 Å². The minimum Gasteiger partial charge on any atom is -0.472 e. The first-order valence-corrected chi connectivity index (χ1v) is 5.87. The highest BCUT2D eigenvalue weighted by molar-refractivity contribution is 5.95. The summed E-state index contributed by atoms with van der Waals surface area (Å²) in [5.74, 6) is -0.308. The molecule has 1 aromatic carbocycles. The molecule has 0 aliphatic heterocycles. The minimum absolute atomic E-state index is 0.0705. The molecule has 0 bridgehead atoms. The highest BCUT2D eigenvalue weighted by atomic mass is 16.6. The Morgan fingerprint density at radius 3 is 2.80 bits per heavy atom. The molecule has 0 radical (unpaired) electrons. The smallest absolute Gasteiger partial charge is 0.292 e. The number of nitro benzene ring substituents is 1. The van der Waals surface area contributed by atoms with Crippen molar-refractivity contribution in [1.82, 2.24) is 5.32 Å². The highest BCUT2D eigenvalue weighted by Gasteiger charge is 2.15. The van der Waals surface area contributed by atoms with Gasteiger partial charge in [0, 0.05) is 30.8 Å². The first-order valence-electron chi connectivity index (χ1n) is 5.87. The molecule has 0 aliphatic rings. The molecule has 0 saturated heterocycles. The van der Waals surface area contributed by atoms with Crippen molar-refractivity contribution in [2.45, 2.75) is 6.54 Å². The van der Waals surface area contributed by atoms with Crippen LogP contribution < -0.4 is 10.6 Å². The van der Waals surface area contributed by atoms with Crippen LogP contribution in [0.25, 0.3) is 0 Å². The molecule has 0 atom stereocenters. The lowest BCUT2D eigenvalue weighted by Gasteiger charge is -2.06. The Bertz CT molecular complexity index is 623. The number of carbonyl (C=O) groups is 1. The van der Waals surface area contributed by atoms with E-state index in [-0.39, 0.29) is 11.6 Å². The van der Waals surface area contributed by atoms with Crippen LogP contribution in [-0.4, -0.2) is 17.9 Å². The zero-order valence-electron chi connectivity index (χ0n) is 10.8. The predicted octanol–water partition coefficient (Wildman–Crippen LogP) is 2.16. The third-order valence-corrected chi connectivity index (χ3v) is 2.76. The average molecular weight is 275 g/mol. The van der Waals surface area contributed by atoms with Gasteiger partial charge in [-0.1, -0.05) is 0 Å². The Labute approximate surface area is 114 Å². The molecule has 0 fully saturated rings. The average Bonchev–Trinajstić information content (AvgIpc) is 2.97. The van der Waals surface area contributed by atoms with Gasteiger partial charge in [-0.25, -0.2) is 0 Å². The number of furan rings is 1. The zero-order valence-corrected chi connectivity index (χ0v) is 10.8. The lowest BCUT2D eigenvalue weighted by atomic mass is 10.1. The third-order valence-electron chi connectivity index (χ3n) is 2.76. The molecule has 20 heavy (non-hydrogen) atoms. The zero-order chi connectivity index (χ0) is 14.5. The van der Waals surface area contributed by atoms with Gasteiger partial charge in [0.15, 0.2) is 0 Å². The Morgan fingerprint density at radius 2 is 2.20 bits per heavy atom. The summed E-state index contributed by atoms with van der Waals surface area (Å²) in [7, 11) is 1.56. The SMILES string of the molecule is CNc1cc(C(=O)NCc2ccoc2)ccc1[N+](=O)[O-]. The van der Waals surface area contributed by atoms with E-state index >= 15 is 0 Å². The van der Waals surface area contributed by atoms with Crippen LogP contribution in [0.4, 0.5) is 11.4 Å². The quantitative estimate of drug-likeness (QED) is 0.643. The second-order valence-corrected chi connectivity index (χ2v) is 4.05. The number of amides is 1. The molecule has 2 N–H and O–H groups in total. The Morgan fingerprint density at radius 1 is 1.40 bits per heavy atom. The molecule has 0 spiro atoms. The van der Waals surface area contributed by atoms with Gasteiger partial charge in [-0.05, 0) is 18.2 Å². The van der Waals surface area contributed by atoms with E-state index in [9.17, 15) is 14.9 Å². The summed E-state index contributed by atoms with van der Waals surface area (Å²) < 4.78 is 4.89. The standard InChI is InChI=1S/C13H13N3O4/c1-14-11-6-10(2-3-12(11)16(18)19)13(17)15-7-9-4-5-20-8-9/h2-6,8,14H,7H2,1H3,(H,15,17). The van der Waals surface area contributed by atoms with Crippen molar-refractivity contribution in [2.75, 3.05) is 12.4 Å². The molecule has 0 unspecified atom stereocenters. The number of nitro groups is 1. The number of hydrogen-bond donors (Lipinski definition) is 2. The molecule has 1 amide bonds. The van der Waals surface area contributed by atoms with Crippen LogP contribution >= 0.6 is 0 Å². The summed E-state index contributed by atoms with van der Waals surface area (Å²) in [6, 6.07) is 5.92. The van der Waals surface area contributed by atoms with Gasteiger partial charge in [0.05, 0.1) is 17.4 Å². The molecule has 2 rings (SSSR count). The maximum Gasteiger partial charge on any atom is 0.292 e. The Balaban J connectivity index is 2.12. The number of nitrogens with one attached hydrogen (secondary N) is 2. The third kappa shape index (κ3) is 2.94. The van der Waals surface area contributed by atoms with Crippen LogP contribution in [-0.2, 0) is 6.54 Å². The maximum absolute atomic E-state index is 11.9. The normalized spacial score (nSPS) is 10.1. The van der Waals surface area contributed by atoms with Gasteiger partial charge in [-0.15, -0.1) is 0 Å². The fourth-order valence-electron chi connectivity index (χ4n) is 1.71. The molecule has 0 aliphatic carbocycles. The fourth-order valence-corrected chi connectivity index (χ4v) is 1.71. The van der Waals surface area contributed by atoms with Crippen LogP contribution in [0.1, 0.15) is 15.9 Å². The van der Waals surface area contributed by atoms with E-state index in [1.165, 1.54) is 30.7 Å². The Kier molecular flexibility index (Phi) is 3.99. The van der Waals surface area contributed by atoms with Crippen molar-refractivity contribution in [3.8, 4) is 0 Å². The molecular weight excluding hydrogens is 262 g/mol. The number of nitrogens with zero attached hydrogens (tertiary/aromatic N) is 1. The summed E-state index contributed by atoms with van der Waals surface area (Å²) >= 11 is 0. The van der Waals surface area contributed by atoms with Gasteiger partial charge in [0.1, 0.15) is 5.69 Å². The number of benzene rings is 1. The van der Waals surface area contributed by atoms with Crippen LogP contribution in [0.2, 0.25) is 0 Å². The molecule has 0 saturated carbocycles. The molecular formula is C13H13N3O4. The van der Waals surface area contributed by atoms with Gasteiger partial charge >= 0.3 is 0 Å². The topological polar surface area (TPSA) is 97.4 Å². The van der Waals surface area contributed by atoms with E-state index in [1.807, 2.05) is 0 Å². The monoisotopic (exact) mass is 275 g/mol. The molecule has 7 heteroatoms. The van der Waals surface area contributed by atoms with Crippen LogP contribution in [0.5, 0.6) is 0 Å². The number of carbonyl (C=O) groups excluding carboxylic acids is 1. The van der Waals surface area contributed by atoms with Crippen LogP contribution in [0, 0.1) is 10.1 Å². The predicted molar refractivity (Wildman–Crippen MR) is 72.5 cm³/mol. The largest absolute Gasteiger partial charge is 0.472 e. The van der Waals surface area contributed by atoms with E-state index in [0.717, 1.165) is 5.56 Å². The fraction of sp³-hybridized carbons (Fsp3) is 0.154. The summed E-state index contributed by atoms with van der Waals surface area (Å²) in [6.07, 6.45) is 3.06. The maximum atomic E-state index is 11.9. The highest BCUT2D eigenvalue weighted by Crippen LogP contribution is 2.24. The van der Waals surface area contributed by atoms with Crippen molar-refractivity contribution in [2.24, 2.45) is 0 Å². The van der Waals surface area contributed by atoms with E-state index < -0.39 is 4.92 Å². The van der Waals surface area contributed by atoms with Gasteiger partial charge < -0.3 is 15.1 Å². The van der Waals surface area contributed by atoms with E-state index in [0.29, 0.717) is 17.8 Å². The number of anilines is 1. The molecule has 1 aromatic heterocycles. The lowest BCUT2D eigenvalue weighted by molar-refractivity contribution is -0.383.